The van der Waals surface area contributed by atoms with Crippen LogP contribution >= 0.6 is 0 Å². The lowest BCUT2D eigenvalue weighted by Gasteiger charge is -2.29. The summed E-state index contributed by atoms with van der Waals surface area (Å²) in [7, 11) is -1.97. The molecule has 0 aliphatic carbocycles. The number of nitrogens with one attached hydrogen (secondary N) is 1. The molecule has 0 radical (unpaired) electrons. The van der Waals surface area contributed by atoms with Crippen molar-refractivity contribution in [3.63, 3.8) is 0 Å². The SMILES string of the molecule is COc1ccccc1CNC(=O)c1nc(-c2ccc(S(=O)(=O)N3CCC(C)CC3)cc2)no1. The minimum Gasteiger partial charge on any atom is -0.496 e. The largest absolute Gasteiger partial charge is 0.496 e. The zero-order chi connectivity index (χ0) is 23.4. The van der Waals surface area contributed by atoms with E-state index < -0.39 is 15.9 Å². The van der Waals surface area contributed by atoms with Gasteiger partial charge >= 0.3 is 11.8 Å². The molecule has 1 amide bonds. The highest BCUT2D eigenvalue weighted by Gasteiger charge is 2.28. The molecule has 1 saturated heterocycles. The average Bonchev–Trinajstić information content (AvgIpc) is 3.33. The number of benzene rings is 2. The predicted octanol–water partition coefficient (Wildman–Crippen LogP) is 3.10. The number of hydrogen-bond donors (Lipinski definition) is 1. The number of sulfonamides is 1. The molecule has 2 heterocycles. The molecule has 1 aliphatic heterocycles. The Labute approximate surface area is 192 Å². The lowest BCUT2D eigenvalue weighted by Crippen LogP contribution is -2.37. The second kappa shape index (κ2) is 9.72. The summed E-state index contributed by atoms with van der Waals surface area (Å²) in [5.41, 5.74) is 1.36. The first-order valence-corrected chi connectivity index (χ1v) is 12.2. The molecule has 0 spiro atoms. The van der Waals surface area contributed by atoms with E-state index in [-0.39, 0.29) is 23.2 Å². The molecule has 10 heteroatoms. The van der Waals surface area contributed by atoms with Crippen molar-refractivity contribution in [3.05, 3.63) is 60.0 Å². The van der Waals surface area contributed by atoms with Crippen LogP contribution in [0, 0.1) is 5.92 Å². The van der Waals surface area contributed by atoms with E-state index in [1.54, 1.807) is 19.2 Å². The number of nitrogens with zero attached hydrogens (tertiary/aromatic N) is 3. The molecule has 0 bridgehead atoms. The van der Waals surface area contributed by atoms with Crippen molar-refractivity contribution in [2.75, 3.05) is 20.2 Å². The maximum Gasteiger partial charge on any atom is 0.316 e. The zero-order valence-electron chi connectivity index (χ0n) is 18.5. The van der Waals surface area contributed by atoms with Crippen LogP contribution in [-0.4, -0.2) is 49.0 Å². The topological polar surface area (TPSA) is 115 Å². The van der Waals surface area contributed by atoms with E-state index in [1.807, 2.05) is 24.3 Å². The minimum atomic E-state index is -3.54. The zero-order valence-corrected chi connectivity index (χ0v) is 19.3. The number of para-hydroxylation sites is 1. The summed E-state index contributed by atoms with van der Waals surface area (Å²) in [6.07, 6.45) is 1.73. The Balaban J connectivity index is 1.42. The van der Waals surface area contributed by atoms with Gasteiger partial charge in [0.1, 0.15) is 5.75 Å². The summed E-state index contributed by atoms with van der Waals surface area (Å²) in [5.74, 6) is 0.710. The Kier molecular flexibility index (Phi) is 6.75. The van der Waals surface area contributed by atoms with Crippen LogP contribution in [0.5, 0.6) is 5.75 Å². The summed E-state index contributed by atoms with van der Waals surface area (Å²) in [5, 5.41) is 6.58. The molecular weight excluding hydrogens is 444 g/mol. The fraction of sp³-hybridized carbons (Fsp3) is 0.348. The van der Waals surface area contributed by atoms with Gasteiger partial charge in [0.25, 0.3) is 0 Å². The fourth-order valence-corrected chi connectivity index (χ4v) is 5.15. The number of piperidine rings is 1. The van der Waals surface area contributed by atoms with E-state index in [0.717, 1.165) is 18.4 Å². The molecule has 1 aliphatic rings. The summed E-state index contributed by atoms with van der Waals surface area (Å²) in [4.78, 5) is 16.8. The molecule has 0 saturated carbocycles. The van der Waals surface area contributed by atoms with Gasteiger partial charge in [-0.2, -0.15) is 9.29 Å². The third kappa shape index (κ3) is 5.07. The lowest BCUT2D eigenvalue weighted by molar-refractivity contribution is 0.0906. The standard InChI is InChI=1S/C23H26N4O5S/c1-16-11-13-27(14-12-16)33(29,30)19-9-7-17(8-10-19)21-25-23(32-26-21)22(28)24-15-18-5-3-4-6-20(18)31-2/h3-10,16H,11-15H2,1-2H3,(H,24,28). The van der Waals surface area contributed by atoms with E-state index in [2.05, 4.69) is 22.4 Å². The van der Waals surface area contributed by atoms with Crippen molar-refractivity contribution in [1.82, 2.24) is 19.8 Å². The molecule has 0 unspecified atom stereocenters. The first-order valence-electron chi connectivity index (χ1n) is 10.7. The second-order valence-corrected chi connectivity index (χ2v) is 9.97. The van der Waals surface area contributed by atoms with Gasteiger partial charge in [-0.25, -0.2) is 8.42 Å². The van der Waals surface area contributed by atoms with Crippen molar-refractivity contribution in [2.45, 2.75) is 31.2 Å². The Morgan fingerprint density at radius 2 is 1.85 bits per heavy atom. The molecule has 33 heavy (non-hydrogen) atoms. The predicted molar refractivity (Wildman–Crippen MR) is 121 cm³/mol. The van der Waals surface area contributed by atoms with Gasteiger partial charge in [0, 0.05) is 30.8 Å². The molecule has 1 N–H and O–H groups in total. The van der Waals surface area contributed by atoms with Crippen LogP contribution < -0.4 is 10.1 Å². The monoisotopic (exact) mass is 470 g/mol. The number of amides is 1. The first-order chi connectivity index (χ1) is 15.9. The normalized spacial score (nSPS) is 15.3. The molecule has 1 aromatic heterocycles. The first kappa shape index (κ1) is 22.9. The van der Waals surface area contributed by atoms with Crippen molar-refractivity contribution in [3.8, 4) is 17.1 Å². The van der Waals surface area contributed by atoms with Gasteiger partial charge in [-0.05, 0) is 49.1 Å². The quantitative estimate of drug-likeness (QED) is 0.564. The number of ether oxygens (including phenoxy) is 1. The number of hydrogen-bond acceptors (Lipinski definition) is 7. The summed E-state index contributed by atoms with van der Waals surface area (Å²) < 4.78 is 37.7. The molecule has 1 fully saturated rings. The summed E-state index contributed by atoms with van der Waals surface area (Å²) in [6.45, 7) is 3.44. The van der Waals surface area contributed by atoms with Gasteiger partial charge in [-0.3, -0.25) is 4.79 Å². The molecule has 0 atom stereocenters. The van der Waals surface area contributed by atoms with Crippen molar-refractivity contribution in [1.29, 1.82) is 0 Å². The summed E-state index contributed by atoms with van der Waals surface area (Å²) >= 11 is 0. The van der Waals surface area contributed by atoms with E-state index in [9.17, 15) is 13.2 Å². The molecule has 174 valence electrons. The van der Waals surface area contributed by atoms with Crippen LogP contribution in [0.25, 0.3) is 11.4 Å². The number of carbonyl (C=O) groups is 1. The van der Waals surface area contributed by atoms with Crippen LogP contribution in [0.3, 0.4) is 0 Å². The summed E-state index contributed by atoms with van der Waals surface area (Å²) in [6, 6.07) is 13.6. The number of aromatic nitrogens is 2. The van der Waals surface area contributed by atoms with Crippen molar-refractivity contribution in [2.24, 2.45) is 5.92 Å². The number of carbonyl (C=O) groups excluding carboxylic acids is 1. The molecule has 2 aromatic carbocycles. The highest BCUT2D eigenvalue weighted by atomic mass is 32.2. The van der Waals surface area contributed by atoms with Crippen LogP contribution in [0.2, 0.25) is 0 Å². The molecular formula is C23H26N4O5S. The van der Waals surface area contributed by atoms with Gasteiger partial charge in [-0.15, -0.1) is 0 Å². The van der Waals surface area contributed by atoms with Crippen LogP contribution in [0.15, 0.2) is 57.9 Å². The Morgan fingerprint density at radius 3 is 2.55 bits per heavy atom. The van der Waals surface area contributed by atoms with Crippen LogP contribution in [-0.2, 0) is 16.6 Å². The highest BCUT2D eigenvalue weighted by Crippen LogP contribution is 2.25. The van der Waals surface area contributed by atoms with E-state index >= 15 is 0 Å². The van der Waals surface area contributed by atoms with E-state index in [4.69, 9.17) is 9.26 Å². The Bertz CT molecular complexity index is 1220. The van der Waals surface area contributed by atoms with Gasteiger partial charge in [0.05, 0.1) is 12.0 Å². The van der Waals surface area contributed by atoms with Crippen LogP contribution in [0.1, 0.15) is 36.0 Å². The van der Waals surface area contributed by atoms with E-state index in [1.165, 1.54) is 16.4 Å². The smallest absolute Gasteiger partial charge is 0.316 e. The third-order valence-electron chi connectivity index (χ3n) is 5.75. The van der Waals surface area contributed by atoms with Gasteiger partial charge < -0.3 is 14.6 Å². The Morgan fingerprint density at radius 1 is 1.15 bits per heavy atom. The highest BCUT2D eigenvalue weighted by molar-refractivity contribution is 7.89. The molecule has 9 nitrogen and oxygen atoms in total. The average molecular weight is 471 g/mol. The molecule has 4 rings (SSSR count). The maximum atomic E-state index is 12.9. The number of rotatable bonds is 7. The maximum absolute atomic E-state index is 12.9. The third-order valence-corrected chi connectivity index (χ3v) is 7.66. The second-order valence-electron chi connectivity index (χ2n) is 8.03. The van der Waals surface area contributed by atoms with Gasteiger partial charge in [-0.1, -0.05) is 30.3 Å². The Hall–Kier alpha value is -3.24. The van der Waals surface area contributed by atoms with Crippen molar-refractivity contribution >= 4 is 15.9 Å². The van der Waals surface area contributed by atoms with Gasteiger partial charge in [0.15, 0.2) is 0 Å². The lowest BCUT2D eigenvalue weighted by atomic mass is 10.0. The minimum absolute atomic E-state index is 0.181. The fourth-order valence-electron chi connectivity index (χ4n) is 3.68. The van der Waals surface area contributed by atoms with Crippen molar-refractivity contribution < 1.29 is 22.5 Å². The van der Waals surface area contributed by atoms with E-state index in [0.29, 0.717) is 30.3 Å². The van der Waals surface area contributed by atoms with Crippen LogP contribution in [0.4, 0.5) is 0 Å². The molecule has 3 aromatic rings. The number of methoxy groups -OCH3 is 1. The van der Waals surface area contributed by atoms with Gasteiger partial charge in [0.2, 0.25) is 15.8 Å².